The molecule has 140 valence electrons. The molecule has 2 aliphatic rings. The van der Waals surface area contributed by atoms with E-state index in [-0.39, 0.29) is 12.5 Å². The number of nitrogens with one attached hydrogen (secondary N) is 1. The van der Waals surface area contributed by atoms with E-state index in [1.807, 2.05) is 10.2 Å². The van der Waals surface area contributed by atoms with Crippen LogP contribution in [0.1, 0.15) is 35.8 Å². The van der Waals surface area contributed by atoms with Crippen LogP contribution in [-0.2, 0) is 14.4 Å². The van der Waals surface area contributed by atoms with Crippen molar-refractivity contribution in [1.29, 1.82) is 0 Å². The highest BCUT2D eigenvalue weighted by molar-refractivity contribution is 6.04. The third-order valence-corrected chi connectivity index (χ3v) is 5.09. The number of benzene rings is 1. The van der Waals surface area contributed by atoms with Crippen LogP contribution in [0.15, 0.2) is 24.3 Å². The van der Waals surface area contributed by atoms with Gasteiger partial charge in [0.05, 0.1) is 12.5 Å². The molecule has 2 amide bonds. The summed E-state index contributed by atoms with van der Waals surface area (Å²) in [7, 11) is 0. The minimum absolute atomic E-state index is 0.0312. The fourth-order valence-corrected chi connectivity index (χ4v) is 3.65. The van der Waals surface area contributed by atoms with Crippen LogP contribution in [-0.4, -0.2) is 59.8 Å². The van der Waals surface area contributed by atoms with Gasteiger partial charge < -0.3 is 5.11 Å². The van der Waals surface area contributed by atoms with E-state index >= 15 is 0 Å². The summed E-state index contributed by atoms with van der Waals surface area (Å²) in [5.74, 6) is -3.99. The number of likely N-dealkylation sites (tertiary alicyclic amines) is 1. The molecule has 1 aromatic carbocycles. The van der Waals surface area contributed by atoms with E-state index in [0.717, 1.165) is 18.4 Å². The standard InChI is InChI=1S/C18H20F2N2O4/c19-15-14(17(25)21-18(26)16(15)20)12-3-1-10(2-4-12)11-5-7-22(8-6-11)9-13(23)24/h1-4,11,14-16H,5-9H2,(H,23,24)(H,21,25,26). The van der Waals surface area contributed by atoms with Crippen molar-refractivity contribution in [3.63, 3.8) is 0 Å². The Morgan fingerprint density at radius 2 is 1.65 bits per heavy atom. The number of hydrogen-bond acceptors (Lipinski definition) is 4. The molecule has 0 aromatic heterocycles. The largest absolute Gasteiger partial charge is 0.480 e. The lowest BCUT2D eigenvalue weighted by Gasteiger charge is -2.31. The van der Waals surface area contributed by atoms with Crippen LogP contribution in [0.5, 0.6) is 0 Å². The second-order valence-corrected chi connectivity index (χ2v) is 6.79. The lowest BCUT2D eigenvalue weighted by molar-refractivity contribution is -0.142. The van der Waals surface area contributed by atoms with Crippen LogP contribution in [0.4, 0.5) is 8.78 Å². The number of imide groups is 1. The van der Waals surface area contributed by atoms with Crippen molar-refractivity contribution in [2.75, 3.05) is 19.6 Å². The maximum Gasteiger partial charge on any atom is 0.317 e. The maximum atomic E-state index is 14.1. The first-order valence-electron chi connectivity index (χ1n) is 8.53. The van der Waals surface area contributed by atoms with Gasteiger partial charge in [-0.1, -0.05) is 24.3 Å². The van der Waals surface area contributed by atoms with Crippen LogP contribution in [0.3, 0.4) is 0 Å². The molecule has 2 saturated heterocycles. The van der Waals surface area contributed by atoms with Gasteiger partial charge in [-0.15, -0.1) is 0 Å². The first-order valence-corrected chi connectivity index (χ1v) is 8.53. The summed E-state index contributed by atoms with van der Waals surface area (Å²) in [6, 6.07) is 6.77. The summed E-state index contributed by atoms with van der Waals surface area (Å²) in [6.45, 7) is 1.40. The molecule has 2 N–H and O–H groups in total. The first-order chi connectivity index (χ1) is 12.4. The minimum Gasteiger partial charge on any atom is -0.480 e. The number of aliphatic carboxylic acids is 1. The van der Waals surface area contributed by atoms with Gasteiger partial charge in [0.1, 0.15) is 0 Å². The molecule has 2 fully saturated rings. The number of carbonyl (C=O) groups is 3. The van der Waals surface area contributed by atoms with Gasteiger partial charge in [0, 0.05) is 0 Å². The first kappa shape index (κ1) is 18.4. The van der Waals surface area contributed by atoms with Crippen LogP contribution in [0.25, 0.3) is 0 Å². The van der Waals surface area contributed by atoms with Crippen molar-refractivity contribution in [2.45, 2.75) is 37.0 Å². The number of piperidine rings is 2. The van der Waals surface area contributed by atoms with Gasteiger partial charge >= 0.3 is 5.97 Å². The Morgan fingerprint density at radius 1 is 1.08 bits per heavy atom. The van der Waals surface area contributed by atoms with E-state index < -0.39 is 36.0 Å². The highest BCUT2D eigenvalue weighted by Crippen LogP contribution is 2.32. The average Bonchev–Trinajstić information content (AvgIpc) is 2.61. The lowest BCUT2D eigenvalue weighted by atomic mass is 9.84. The Labute approximate surface area is 149 Å². The normalized spacial score (nSPS) is 28.0. The molecule has 2 aliphatic heterocycles. The molecule has 0 radical (unpaired) electrons. The molecular formula is C18H20F2N2O4. The average molecular weight is 366 g/mol. The van der Waals surface area contributed by atoms with E-state index in [4.69, 9.17) is 5.11 Å². The molecular weight excluding hydrogens is 346 g/mol. The monoisotopic (exact) mass is 366 g/mol. The Morgan fingerprint density at radius 3 is 2.23 bits per heavy atom. The minimum atomic E-state index is -2.35. The summed E-state index contributed by atoms with van der Waals surface area (Å²) in [6.07, 6.45) is -2.93. The van der Waals surface area contributed by atoms with Gasteiger partial charge in [-0.05, 0) is 43.0 Å². The summed E-state index contributed by atoms with van der Waals surface area (Å²) in [4.78, 5) is 35.7. The van der Waals surface area contributed by atoms with Crippen molar-refractivity contribution in [3.05, 3.63) is 35.4 Å². The van der Waals surface area contributed by atoms with E-state index in [0.29, 0.717) is 18.7 Å². The molecule has 0 spiro atoms. The third kappa shape index (κ3) is 3.75. The molecule has 6 nitrogen and oxygen atoms in total. The van der Waals surface area contributed by atoms with E-state index in [2.05, 4.69) is 0 Å². The van der Waals surface area contributed by atoms with E-state index in [1.54, 1.807) is 24.3 Å². The molecule has 3 unspecified atom stereocenters. The highest BCUT2D eigenvalue weighted by atomic mass is 19.2. The fraction of sp³-hybridized carbons (Fsp3) is 0.500. The Hall–Kier alpha value is -2.35. The van der Waals surface area contributed by atoms with Gasteiger partial charge in [0.2, 0.25) is 12.1 Å². The number of amides is 2. The van der Waals surface area contributed by atoms with Crippen LogP contribution < -0.4 is 5.32 Å². The number of hydrogen-bond donors (Lipinski definition) is 2. The SMILES string of the molecule is O=C(O)CN1CCC(c2ccc(C3C(=O)NC(=O)C(F)C3F)cc2)CC1. The van der Waals surface area contributed by atoms with Gasteiger partial charge in [0.25, 0.3) is 5.91 Å². The zero-order chi connectivity index (χ0) is 18.8. The van der Waals surface area contributed by atoms with Crippen molar-refractivity contribution in [2.24, 2.45) is 0 Å². The van der Waals surface area contributed by atoms with Gasteiger partial charge in [-0.3, -0.25) is 24.6 Å². The summed E-state index contributed by atoms with van der Waals surface area (Å²) >= 11 is 0. The maximum absolute atomic E-state index is 14.1. The number of carboxylic acid groups (broad SMARTS) is 1. The second kappa shape index (κ2) is 7.49. The van der Waals surface area contributed by atoms with Crippen molar-refractivity contribution in [3.8, 4) is 0 Å². The van der Waals surface area contributed by atoms with Crippen LogP contribution in [0, 0.1) is 0 Å². The van der Waals surface area contributed by atoms with E-state index in [9.17, 15) is 23.2 Å². The van der Waals surface area contributed by atoms with Gasteiger partial charge in [0.15, 0.2) is 6.17 Å². The zero-order valence-corrected chi connectivity index (χ0v) is 14.0. The van der Waals surface area contributed by atoms with Crippen molar-refractivity contribution in [1.82, 2.24) is 10.2 Å². The Kier molecular flexibility index (Phi) is 5.31. The van der Waals surface area contributed by atoms with Crippen molar-refractivity contribution < 1.29 is 28.3 Å². The fourth-order valence-electron chi connectivity index (χ4n) is 3.65. The second-order valence-electron chi connectivity index (χ2n) is 6.79. The highest BCUT2D eigenvalue weighted by Gasteiger charge is 2.45. The van der Waals surface area contributed by atoms with Crippen LogP contribution in [0.2, 0.25) is 0 Å². The molecule has 26 heavy (non-hydrogen) atoms. The molecule has 1 aromatic rings. The number of nitrogens with zero attached hydrogens (tertiary/aromatic N) is 1. The number of carboxylic acids is 1. The topological polar surface area (TPSA) is 86.7 Å². The van der Waals surface area contributed by atoms with E-state index in [1.165, 1.54) is 0 Å². The summed E-state index contributed by atoms with van der Waals surface area (Å²) < 4.78 is 27.7. The smallest absolute Gasteiger partial charge is 0.317 e. The predicted octanol–water partition coefficient (Wildman–Crippen LogP) is 1.37. The van der Waals surface area contributed by atoms with Crippen molar-refractivity contribution >= 4 is 17.8 Å². The summed E-state index contributed by atoms with van der Waals surface area (Å²) in [5, 5.41) is 10.7. The molecule has 0 saturated carbocycles. The molecule has 2 heterocycles. The predicted molar refractivity (Wildman–Crippen MR) is 88.2 cm³/mol. The van der Waals surface area contributed by atoms with Gasteiger partial charge in [-0.2, -0.15) is 0 Å². The van der Waals surface area contributed by atoms with Crippen LogP contribution >= 0.6 is 0 Å². The molecule has 3 atom stereocenters. The molecule has 0 bridgehead atoms. The Balaban J connectivity index is 1.67. The lowest BCUT2D eigenvalue weighted by Crippen LogP contribution is -2.53. The molecule has 3 rings (SSSR count). The van der Waals surface area contributed by atoms with Gasteiger partial charge in [-0.25, -0.2) is 8.78 Å². The third-order valence-electron chi connectivity index (χ3n) is 5.09. The number of alkyl halides is 2. The summed E-state index contributed by atoms with van der Waals surface area (Å²) in [5.41, 5.74) is 1.35. The number of rotatable bonds is 4. The zero-order valence-electron chi connectivity index (χ0n) is 14.0. The number of carbonyl (C=O) groups excluding carboxylic acids is 2. The molecule has 8 heteroatoms. The Bertz CT molecular complexity index is 702. The quantitative estimate of drug-likeness (QED) is 0.786. The number of halogens is 2. The molecule has 0 aliphatic carbocycles.